The van der Waals surface area contributed by atoms with Gasteiger partial charge in [0.1, 0.15) is 11.6 Å². The first kappa shape index (κ1) is 20.8. The Morgan fingerprint density at radius 3 is 2.85 bits per heavy atom. The van der Waals surface area contributed by atoms with Gasteiger partial charge in [0.15, 0.2) is 11.4 Å². The van der Waals surface area contributed by atoms with Crippen LogP contribution in [-0.2, 0) is 4.79 Å². The zero-order chi connectivity index (χ0) is 23.4. The number of halogens is 1. The highest BCUT2D eigenvalue weighted by atomic mass is 32.1. The van der Waals surface area contributed by atoms with E-state index >= 15 is 0 Å². The van der Waals surface area contributed by atoms with Crippen molar-refractivity contribution in [1.29, 1.82) is 0 Å². The zero-order valence-electron chi connectivity index (χ0n) is 18.4. The largest absolute Gasteiger partial charge is 0.452 e. The molecule has 0 unspecified atom stereocenters. The lowest BCUT2D eigenvalue weighted by molar-refractivity contribution is -0.130. The lowest BCUT2D eigenvalue weighted by Gasteiger charge is -2.31. The smallest absolute Gasteiger partial charge is 0.219 e. The maximum absolute atomic E-state index is 14.9. The van der Waals surface area contributed by atoms with Gasteiger partial charge in [0.05, 0.1) is 22.5 Å². The van der Waals surface area contributed by atoms with Crippen LogP contribution in [0.15, 0.2) is 47.4 Å². The van der Waals surface area contributed by atoms with Gasteiger partial charge in [-0.2, -0.15) is 9.47 Å². The van der Waals surface area contributed by atoms with Crippen LogP contribution in [0.4, 0.5) is 10.2 Å². The maximum Gasteiger partial charge on any atom is 0.219 e. The first-order valence-electron chi connectivity index (χ1n) is 11.0. The summed E-state index contributed by atoms with van der Waals surface area (Å²) in [4.78, 5) is 17.8. The van der Waals surface area contributed by atoms with E-state index in [0.717, 1.165) is 52.5 Å². The van der Waals surface area contributed by atoms with Crippen LogP contribution in [0.2, 0.25) is 0 Å². The number of carbonyl (C=O) groups excluding carboxylic acids is 1. The normalized spacial score (nSPS) is 14.9. The molecule has 1 saturated heterocycles. The number of fused-ring (bicyclic) bond motifs is 2. The number of hydrogen-bond acceptors (Lipinski definition) is 7. The number of nitrogens with two attached hydrogens (primary N) is 1. The van der Waals surface area contributed by atoms with Crippen molar-refractivity contribution >= 4 is 44.3 Å². The quantitative estimate of drug-likeness (QED) is 0.398. The number of amides is 1. The van der Waals surface area contributed by atoms with Gasteiger partial charge in [-0.3, -0.25) is 9.48 Å². The number of furan rings is 1. The number of nitrogen functional groups attached to an aromatic ring is 1. The monoisotopic (exact) mass is 476 g/mol. The Hall–Kier alpha value is -3.79. The minimum absolute atomic E-state index is 0.108. The summed E-state index contributed by atoms with van der Waals surface area (Å²) in [5.41, 5.74) is 8.59. The summed E-state index contributed by atoms with van der Waals surface area (Å²) in [5, 5.41) is 6.18. The molecular formula is C24H21FN6O2S. The van der Waals surface area contributed by atoms with E-state index in [9.17, 15) is 9.18 Å². The fourth-order valence-corrected chi connectivity index (χ4v) is 5.45. The second kappa shape index (κ2) is 7.91. The molecule has 5 aromatic rings. The Morgan fingerprint density at radius 2 is 2.06 bits per heavy atom. The van der Waals surface area contributed by atoms with E-state index in [1.807, 2.05) is 21.8 Å². The van der Waals surface area contributed by atoms with E-state index in [1.54, 1.807) is 31.6 Å². The molecule has 1 aliphatic rings. The van der Waals surface area contributed by atoms with Crippen molar-refractivity contribution in [2.45, 2.75) is 25.8 Å². The minimum atomic E-state index is -0.381. The first-order chi connectivity index (χ1) is 16.5. The van der Waals surface area contributed by atoms with Crippen LogP contribution < -0.4 is 5.73 Å². The van der Waals surface area contributed by atoms with Gasteiger partial charge in [0.25, 0.3) is 0 Å². The molecule has 0 bridgehead atoms. The molecule has 0 radical (unpaired) electrons. The number of pyridine rings is 1. The molecule has 1 fully saturated rings. The van der Waals surface area contributed by atoms with Crippen LogP contribution >= 0.6 is 11.5 Å². The van der Waals surface area contributed by atoms with Crippen LogP contribution in [0.25, 0.3) is 43.5 Å². The summed E-state index contributed by atoms with van der Waals surface area (Å²) in [5.74, 6) is 0.350. The second-order valence-electron chi connectivity index (χ2n) is 8.52. The van der Waals surface area contributed by atoms with Crippen molar-refractivity contribution < 1.29 is 13.6 Å². The number of anilines is 1. The Bertz CT molecular complexity index is 1550. The molecule has 2 N–H and O–H groups in total. The summed E-state index contributed by atoms with van der Waals surface area (Å²) < 4.78 is 27.8. The van der Waals surface area contributed by atoms with Gasteiger partial charge in [-0.15, -0.1) is 0 Å². The molecule has 5 heterocycles. The van der Waals surface area contributed by atoms with E-state index in [1.165, 1.54) is 17.6 Å². The highest BCUT2D eigenvalue weighted by Crippen LogP contribution is 2.40. The van der Waals surface area contributed by atoms with Gasteiger partial charge in [0.2, 0.25) is 5.91 Å². The number of aromatic nitrogens is 4. The molecule has 0 aliphatic carbocycles. The number of piperidine rings is 1. The molecule has 34 heavy (non-hydrogen) atoms. The number of hydrogen-bond donors (Lipinski definition) is 1. The van der Waals surface area contributed by atoms with E-state index in [-0.39, 0.29) is 23.6 Å². The molecule has 1 aliphatic heterocycles. The molecule has 8 nitrogen and oxygen atoms in total. The number of rotatable bonds is 3. The van der Waals surface area contributed by atoms with Crippen molar-refractivity contribution in [3.8, 4) is 22.5 Å². The Morgan fingerprint density at radius 1 is 1.24 bits per heavy atom. The Labute approximate surface area is 198 Å². The third-order valence-electron chi connectivity index (χ3n) is 6.50. The summed E-state index contributed by atoms with van der Waals surface area (Å²) in [6.07, 6.45) is 8.88. The van der Waals surface area contributed by atoms with Crippen LogP contribution in [0, 0.1) is 5.82 Å². The summed E-state index contributed by atoms with van der Waals surface area (Å²) >= 11 is 1.22. The molecule has 4 aromatic heterocycles. The van der Waals surface area contributed by atoms with Gasteiger partial charge in [-0.25, -0.2) is 9.37 Å². The maximum atomic E-state index is 14.9. The number of nitrogens with zero attached hydrogens (tertiary/aromatic N) is 5. The van der Waals surface area contributed by atoms with Crippen molar-refractivity contribution in [2.75, 3.05) is 18.8 Å². The predicted molar refractivity (Wildman–Crippen MR) is 129 cm³/mol. The predicted octanol–water partition coefficient (Wildman–Crippen LogP) is 4.87. The van der Waals surface area contributed by atoms with Crippen LogP contribution in [0.3, 0.4) is 0 Å². The third kappa shape index (κ3) is 3.33. The molecule has 0 atom stereocenters. The van der Waals surface area contributed by atoms with Gasteiger partial charge in [-0.1, -0.05) is 0 Å². The van der Waals surface area contributed by atoms with Crippen molar-refractivity contribution in [3.63, 3.8) is 0 Å². The lowest BCUT2D eigenvalue weighted by atomic mass is 10.0. The average molecular weight is 477 g/mol. The zero-order valence-corrected chi connectivity index (χ0v) is 19.2. The van der Waals surface area contributed by atoms with Crippen molar-refractivity contribution in [2.24, 2.45) is 0 Å². The molecule has 0 saturated carbocycles. The van der Waals surface area contributed by atoms with Crippen LogP contribution in [-0.4, -0.2) is 43.0 Å². The molecule has 0 spiro atoms. The Balaban J connectivity index is 1.40. The van der Waals surface area contributed by atoms with Crippen LogP contribution in [0.5, 0.6) is 0 Å². The second-order valence-corrected chi connectivity index (χ2v) is 9.32. The van der Waals surface area contributed by atoms with Gasteiger partial charge in [-0.05, 0) is 42.6 Å². The summed E-state index contributed by atoms with van der Waals surface area (Å²) in [7, 11) is 0. The van der Waals surface area contributed by atoms with Gasteiger partial charge < -0.3 is 15.1 Å². The highest BCUT2D eigenvalue weighted by molar-refractivity contribution is 7.13. The highest BCUT2D eigenvalue weighted by Gasteiger charge is 2.24. The van der Waals surface area contributed by atoms with E-state index in [2.05, 4.69) is 14.5 Å². The van der Waals surface area contributed by atoms with E-state index in [4.69, 9.17) is 10.2 Å². The lowest BCUT2D eigenvalue weighted by Crippen LogP contribution is -2.37. The number of carbonyl (C=O) groups is 1. The topological polar surface area (TPSA) is 103 Å². The molecule has 1 amide bonds. The number of benzene rings is 1. The SMILES string of the molecule is CC(=O)N1CCC(n2cc(-c3cnc(N)c4oc(-c5c(F)ccc6cnsc56)cc34)cn2)CC1. The standard InChI is InChI=1S/C24H21FN6O2S/c1-13(32)30-6-4-16(5-7-30)31-12-15(9-28-31)18-11-27-24(26)22-17(18)8-20(33-22)21-19(25)3-2-14-10-29-34-23(14)21/h2-3,8-12,16H,4-7H2,1H3,(H2,26,27). The van der Waals surface area contributed by atoms with Gasteiger partial charge in [0, 0.05) is 60.5 Å². The molecule has 6 rings (SSSR count). The van der Waals surface area contributed by atoms with Crippen molar-refractivity contribution in [1.82, 2.24) is 24.0 Å². The molecular weight excluding hydrogens is 455 g/mol. The first-order valence-corrected chi connectivity index (χ1v) is 11.8. The average Bonchev–Trinajstić information content (AvgIpc) is 3.59. The van der Waals surface area contributed by atoms with E-state index < -0.39 is 0 Å². The fourth-order valence-electron chi connectivity index (χ4n) is 4.66. The third-order valence-corrected chi connectivity index (χ3v) is 7.34. The van der Waals surface area contributed by atoms with E-state index in [0.29, 0.717) is 16.9 Å². The van der Waals surface area contributed by atoms with Crippen LogP contribution in [0.1, 0.15) is 25.8 Å². The fraction of sp³-hybridized carbons (Fsp3) is 0.250. The van der Waals surface area contributed by atoms with Crippen molar-refractivity contribution in [3.05, 3.63) is 48.8 Å². The Kier molecular flexibility index (Phi) is 4.84. The summed E-state index contributed by atoms with van der Waals surface area (Å²) in [6.45, 7) is 3.05. The molecule has 10 heteroatoms. The molecule has 172 valence electrons. The summed E-state index contributed by atoms with van der Waals surface area (Å²) in [6, 6.07) is 5.16. The van der Waals surface area contributed by atoms with Gasteiger partial charge >= 0.3 is 0 Å². The number of likely N-dealkylation sites (tertiary alicyclic amines) is 1. The molecule has 1 aromatic carbocycles. The minimum Gasteiger partial charge on any atom is -0.452 e.